The predicted octanol–water partition coefficient (Wildman–Crippen LogP) is 3.38. The second kappa shape index (κ2) is 10.5. The third-order valence-corrected chi connectivity index (χ3v) is 2.79. The second-order valence-electron chi connectivity index (χ2n) is 5.04. The molecule has 0 saturated heterocycles. The van der Waals surface area contributed by atoms with Crippen molar-refractivity contribution in [2.45, 2.75) is 46.5 Å². The summed E-state index contributed by atoms with van der Waals surface area (Å²) in [5, 5.41) is 8.73. The summed E-state index contributed by atoms with van der Waals surface area (Å²) in [6.07, 6.45) is 8.96. The fourth-order valence-corrected chi connectivity index (χ4v) is 1.67. The van der Waals surface area contributed by atoms with Crippen LogP contribution in [0.1, 0.15) is 46.5 Å². The molecule has 17 heavy (non-hydrogen) atoms. The number of aliphatic hydroxyl groups is 1. The van der Waals surface area contributed by atoms with Crippen LogP contribution >= 0.6 is 0 Å². The Kier molecular flexibility index (Phi) is 10.2. The SMILES string of the molecule is CC(C)=CCC/C(C)=C/CCN(C)CCCO. The molecule has 0 aliphatic heterocycles. The Labute approximate surface area is 107 Å². The van der Waals surface area contributed by atoms with Gasteiger partial charge in [0, 0.05) is 19.7 Å². The molecule has 0 aliphatic rings. The van der Waals surface area contributed by atoms with Crippen LogP contribution in [0.25, 0.3) is 0 Å². The van der Waals surface area contributed by atoms with E-state index in [1.54, 1.807) is 0 Å². The first-order valence-electron chi connectivity index (χ1n) is 6.64. The summed E-state index contributed by atoms with van der Waals surface area (Å²) in [4.78, 5) is 2.27. The van der Waals surface area contributed by atoms with Gasteiger partial charge in [-0.3, -0.25) is 0 Å². The zero-order valence-corrected chi connectivity index (χ0v) is 12.0. The fraction of sp³-hybridized carbons (Fsp3) is 0.733. The predicted molar refractivity (Wildman–Crippen MR) is 76.2 cm³/mol. The highest BCUT2D eigenvalue weighted by atomic mass is 16.3. The quantitative estimate of drug-likeness (QED) is 0.623. The van der Waals surface area contributed by atoms with Crippen molar-refractivity contribution in [1.82, 2.24) is 4.90 Å². The van der Waals surface area contributed by atoms with Crippen LogP contribution in [0.4, 0.5) is 0 Å². The molecule has 0 radical (unpaired) electrons. The van der Waals surface area contributed by atoms with Gasteiger partial charge in [0.25, 0.3) is 0 Å². The average molecular weight is 239 g/mol. The van der Waals surface area contributed by atoms with Gasteiger partial charge in [-0.2, -0.15) is 0 Å². The lowest BCUT2D eigenvalue weighted by atomic mass is 10.1. The van der Waals surface area contributed by atoms with Gasteiger partial charge in [0.15, 0.2) is 0 Å². The van der Waals surface area contributed by atoms with Crippen molar-refractivity contribution in [3.8, 4) is 0 Å². The molecule has 0 heterocycles. The van der Waals surface area contributed by atoms with Crippen LogP contribution in [0.15, 0.2) is 23.3 Å². The van der Waals surface area contributed by atoms with Crippen LogP contribution in [-0.2, 0) is 0 Å². The molecule has 0 aromatic heterocycles. The lowest BCUT2D eigenvalue weighted by molar-refractivity contribution is 0.249. The van der Waals surface area contributed by atoms with Crippen LogP contribution in [0.3, 0.4) is 0 Å². The van der Waals surface area contributed by atoms with E-state index in [-0.39, 0.29) is 0 Å². The van der Waals surface area contributed by atoms with E-state index in [2.05, 4.69) is 44.9 Å². The van der Waals surface area contributed by atoms with E-state index in [1.165, 1.54) is 17.6 Å². The van der Waals surface area contributed by atoms with Gasteiger partial charge in [-0.1, -0.05) is 23.3 Å². The number of aliphatic hydroxyl groups excluding tert-OH is 1. The molecule has 0 amide bonds. The normalized spacial score (nSPS) is 12.0. The van der Waals surface area contributed by atoms with Crippen LogP contribution in [0.5, 0.6) is 0 Å². The Morgan fingerprint density at radius 3 is 2.35 bits per heavy atom. The van der Waals surface area contributed by atoms with E-state index in [9.17, 15) is 0 Å². The minimum Gasteiger partial charge on any atom is -0.396 e. The van der Waals surface area contributed by atoms with E-state index in [1.807, 2.05) is 0 Å². The molecule has 2 nitrogen and oxygen atoms in total. The summed E-state index contributed by atoms with van der Waals surface area (Å²) in [6.45, 7) is 8.87. The first-order valence-corrected chi connectivity index (χ1v) is 6.64. The molecule has 100 valence electrons. The smallest absolute Gasteiger partial charge is 0.0443 e. The molecular formula is C15H29NO. The largest absolute Gasteiger partial charge is 0.396 e. The van der Waals surface area contributed by atoms with E-state index < -0.39 is 0 Å². The zero-order chi connectivity index (χ0) is 13.1. The molecule has 0 bridgehead atoms. The van der Waals surface area contributed by atoms with Crippen molar-refractivity contribution < 1.29 is 5.11 Å². The molecule has 0 rings (SSSR count). The van der Waals surface area contributed by atoms with Gasteiger partial charge >= 0.3 is 0 Å². The third-order valence-electron chi connectivity index (χ3n) is 2.79. The van der Waals surface area contributed by atoms with Gasteiger partial charge in [-0.15, -0.1) is 0 Å². The highest BCUT2D eigenvalue weighted by Gasteiger charge is 1.96. The lowest BCUT2D eigenvalue weighted by Crippen LogP contribution is -2.21. The summed E-state index contributed by atoms with van der Waals surface area (Å²) in [5.41, 5.74) is 2.89. The highest BCUT2D eigenvalue weighted by Crippen LogP contribution is 2.07. The van der Waals surface area contributed by atoms with Gasteiger partial charge in [-0.05, 0) is 53.5 Å². The van der Waals surface area contributed by atoms with E-state index in [4.69, 9.17) is 5.11 Å². The maximum Gasteiger partial charge on any atom is 0.0443 e. The summed E-state index contributed by atoms with van der Waals surface area (Å²) in [5.74, 6) is 0. The van der Waals surface area contributed by atoms with Gasteiger partial charge in [0.05, 0.1) is 0 Å². The highest BCUT2D eigenvalue weighted by molar-refractivity contribution is 5.02. The minimum absolute atomic E-state index is 0.294. The van der Waals surface area contributed by atoms with E-state index in [0.29, 0.717) is 6.61 Å². The van der Waals surface area contributed by atoms with Crippen LogP contribution in [0, 0.1) is 0 Å². The summed E-state index contributed by atoms with van der Waals surface area (Å²) < 4.78 is 0. The number of hydrogen-bond donors (Lipinski definition) is 1. The Bertz CT molecular complexity index is 239. The molecule has 1 N–H and O–H groups in total. The topological polar surface area (TPSA) is 23.5 Å². The maximum atomic E-state index is 8.73. The van der Waals surface area contributed by atoms with E-state index >= 15 is 0 Å². The second-order valence-corrected chi connectivity index (χ2v) is 5.04. The van der Waals surface area contributed by atoms with Crippen LogP contribution < -0.4 is 0 Å². The Morgan fingerprint density at radius 2 is 1.76 bits per heavy atom. The first kappa shape index (κ1) is 16.4. The Morgan fingerprint density at radius 1 is 1.06 bits per heavy atom. The number of allylic oxidation sites excluding steroid dienone is 3. The van der Waals surface area contributed by atoms with Crippen molar-refractivity contribution >= 4 is 0 Å². The molecule has 0 unspecified atom stereocenters. The zero-order valence-electron chi connectivity index (χ0n) is 12.0. The number of nitrogens with zero attached hydrogens (tertiary/aromatic N) is 1. The van der Waals surface area contributed by atoms with Crippen molar-refractivity contribution in [1.29, 1.82) is 0 Å². The van der Waals surface area contributed by atoms with Gasteiger partial charge in [0.1, 0.15) is 0 Å². The van der Waals surface area contributed by atoms with Crippen LogP contribution in [0.2, 0.25) is 0 Å². The lowest BCUT2D eigenvalue weighted by Gasteiger charge is -2.14. The van der Waals surface area contributed by atoms with E-state index in [0.717, 1.165) is 32.4 Å². The minimum atomic E-state index is 0.294. The molecule has 0 spiro atoms. The standard InChI is InChI=1S/C15H29NO/c1-14(2)8-5-9-15(3)10-6-11-16(4)12-7-13-17/h8,10,17H,5-7,9,11-13H2,1-4H3/b15-10+. The molecule has 0 atom stereocenters. The molecule has 0 aromatic carbocycles. The number of rotatable bonds is 9. The summed E-state index contributed by atoms with van der Waals surface area (Å²) in [6, 6.07) is 0. The number of hydrogen-bond acceptors (Lipinski definition) is 2. The van der Waals surface area contributed by atoms with Gasteiger partial charge in [0.2, 0.25) is 0 Å². The molecule has 0 aliphatic carbocycles. The van der Waals surface area contributed by atoms with Crippen LogP contribution in [-0.4, -0.2) is 36.8 Å². The molecular weight excluding hydrogens is 210 g/mol. The average Bonchev–Trinajstić information content (AvgIpc) is 2.25. The van der Waals surface area contributed by atoms with Crippen molar-refractivity contribution in [3.05, 3.63) is 23.3 Å². The van der Waals surface area contributed by atoms with Crippen molar-refractivity contribution in [2.24, 2.45) is 0 Å². The Hall–Kier alpha value is -0.600. The summed E-state index contributed by atoms with van der Waals surface area (Å²) >= 11 is 0. The van der Waals surface area contributed by atoms with Gasteiger partial charge < -0.3 is 10.0 Å². The van der Waals surface area contributed by atoms with Crippen molar-refractivity contribution in [3.63, 3.8) is 0 Å². The summed E-state index contributed by atoms with van der Waals surface area (Å²) in [7, 11) is 2.11. The third kappa shape index (κ3) is 11.7. The molecule has 0 aromatic rings. The van der Waals surface area contributed by atoms with Crippen molar-refractivity contribution in [2.75, 3.05) is 26.7 Å². The maximum absolute atomic E-state index is 8.73. The molecule has 0 saturated carbocycles. The molecule has 2 heteroatoms. The van der Waals surface area contributed by atoms with Gasteiger partial charge in [-0.25, -0.2) is 0 Å². The Balaban J connectivity index is 3.65. The monoisotopic (exact) mass is 239 g/mol. The first-order chi connectivity index (χ1) is 8.06. The fourth-order valence-electron chi connectivity index (χ4n) is 1.67. The molecule has 0 fully saturated rings.